The summed E-state index contributed by atoms with van der Waals surface area (Å²) < 4.78 is 18.5. The minimum absolute atomic E-state index is 0.0591. The van der Waals surface area contributed by atoms with E-state index in [4.69, 9.17) is 16.3 Å². The van der Waals surface area contributed by atoms with Crippen molar-refractivity contribution in [1.29, 1.82) is 0 Å². The predicted octanol–water partition coefficient (Wildman–Crippen LogP) is 3.11. The second-order valence-corrected chi connectivity index (χ2v) is 6.86. The van der Waals surface area contributed by atoms with Crippen molar-refractivity contribution in [3.8, 4) is 5.75 Å². The van der Waals surface area contributed by atoms with Crippen molar-refractivity contribution in [3.05, 3.63) is 59.4 Å². The van der Waals surface area contributed by atoms with Crippen LogP contribution in [0.25, 0.3) is 0 Å². The number of para-hydroxylation sites is 1. The lowest BCUT2D eigenvalue weighted by molar-refractivity contribution is -0.117. The predicted molar refractivity (Wildman–Crippen MR) is 105 cm³/mol. The van der Waals surface area contributed by atoms with Crippen LogP contribution in [0.1, 0.15) is 0 Å². The van der Waals surface area contributed by atoms with Gasteiger partial charge in [-0.3, -0.25) is 14.6 Å². The van der Waals surface area contributed by atoms with Crippen LogP contribution in [0, 0.1) is 5.82 Å². The Balaban J connectivity index is 1.34. The second-order valence-electron chi connectivity index (χ2n) is 6.45. The van der Waals surface area contributed by atoms with Gasteiger partial charge in [-0.2, -0.15) is 0 Å². The van der Waals surface area contributed by atoms with E-state index < -0.39 is 0 Å². The Morgan fingerprint density at radius 2 is 1.70 bits per heavy atom. The minimum Gasteiger partial charge on any atom is -0.492 e. The molecular formula is C20H23ClFN3O2. The molecule has 5 nitrogen and oxygen atoms in total. The van der Waals surface area contributed by atoms with Crippen molar-refractivity contribution >= 4 is 23.2 Å². The topological polar surface area (TPSA) is 44.8 Å². The summed E-state index contributed by atoms with van der Waals surface area (Å²) in [5.74, 6) is 0.347. The number of nitrogens with zero attached hydrogens (tertiary/aromatic N) is 2. The summed E-state index contributed by atoms with van der Waals surface area (Å²) in [5.41, 5.74) is 0.640. The lowest BCUT2D eigenvalue weighted by Crippen LogP contribution is -2.49. The molecule has 0 unspecified atom stereocenters. The molecule has 0 aliphatic carbocycles. The molecule has 2 aromatic rings. The van der Waals surface area contributed by atoms with E-state index in [2.05, 4.69) is 15.1 Å². The quantitative estimate of drug-likeness (QED) is 0.787. The molecule has 1 aliphatic heterocycles. The Bertz CT molecular complexity index is 749. The summed E-state index contributed by atoms with van der Waals surface area (Å²) in [5, 5.41) is 3.39. The first-order chi connectivity index (χ1) is 13.1. The van der Waals surface area contributed by atoms with Crippen molar-refractivity contribution < 1.29 is 13.9 Å². The second kappa shape index (κ2) is 9.69. The molecule has 0 atom stereocenters. The van der Waals surface area contributed by atoms with Crippen molar-refractivity contribution in [2.45, 2.75) is 0 Å². The van der Waals surface area contributed by atoms with Crippen molar-refractivity contribution in [1.82, 2.24) is 9.80 Å². The monoisotopic (exact) mass is 391 g/mol. The van der Waals surface area contributed by atoms with E-state index in [0.717, 1.165) is 32.7 Å². The number of amides is 1. The molecule has 2 aromatic carbocycles. The van der Waals surface area contributed by atoms with Crippen LogP contribution < -0.4 is 10.1 Å². The van der Waals surface area contributed by atoms with Gasteiger partial charge in [-0.05, 0) is 36.4 Å². The van der Waals surface area contributed by atoms with Crippen molar-refractivity contribution in [3.63, 3.8) is 0 Å². The van der Waals surface area contributed by atoms with Crippen LogP contribution in [0.5, 0.6) is 5.75 Å². The van der Waals surface area contributed by atoms with Gasteiger partial charge in [-0.15, -0.1) is 0 Å². The van der Waals surface area contributed by atoms with Gasteiger partial charge in [-0.1, -0.05) is 23.7 Å². The number of carbonyl (C=O) groups is 1. The first kappa shape index (κ1) is 19.6. The van der Waals surface area contributed by atoms with Gasteiger partial charge >= 0.3 is 0 Å². The Kier molecular flexibility index (Phi) is 7.04. The molecule has 27 heavy (non-hydrogen) atoms. The average Bonchev–Trinajstić information content (AvgIpc) is 2.67. The van der Waals surface area contributed by atoms with E-state index in [-0.39, 0.29) is 11.7 Å². The standard InChI is InChI=1S/C20H23ClFN3O2/c21-18-3-1-2-4-19(18)23-20(26)15-25-11-9-24(10-12-25)13-14-27-17-7-5-16(22)6-8-17/h1-8H,9-15H2,(H,23,26). The first-order valence-corrected chi connectivity index (χ1v) is 9.35. The zero-order valence-corrected chi connectivity index (χ0v) is 15.8. The maximum absolute atomic E-state index is 12.9. The molecule has 1 amide bonds. The fraction of sp³-hybridized carbons (Fsp3) is 0.350. The molecule has 0 bridgehead atoms. The van der Waals surface area contributed by atoms with E-state index in [0.29, 0.717) is 29.6 Å². The summed E-state index contributed by atoms with van der Waals surface area (Å²) in [7, 11) is 0. The molecule has 0 saturated carbocycles. The number of benzene rings is 2. The van der Waals surface area contributed by atoms with Gasteiger partial charge in [-0.25, -0.2) is 4.39 Å². The molecule has 1 fully saturated rings. The molecule has 1 heterocycles. The summed E-state index contributed by atoms with van der Waals surface area (Å²) in [6.07, 6.45) is 0. The first-order valence-electron chi connectivity index (χ1n) is 8.97. The Morgan fingerprint density at radius 3 is 2.41 bits per heavy atom. The van der Waals surface area contributed by atoms with Crippen LogP contribution in [0.3, 0.4) is 0 Å². The lowest BCUT2D eigenvalue weighted by atomic mass is 10.3. The minimum atomic E-state index is -0.267. The maximum atomic E-state index is 12.9. The molecule has 1 saturated heterocycles. The normalized spacial score (nSPS) is 15.5. The summed E-state index contributed by atoms with van der Waals surface area (Å²) >= 11 is 6.07. The number of carbonyl (C=O) groups excluding carboxylic acids is 1. The molecule has 3 rings (SSSR count). The summed E-state index contributed by atoms with van der Waals surface area (Å²) in [6.45, 7) is 5.12. The van der Waals surface area contributed by atoms with Crippen LogP contribution >= 0.6 is 11.6 Å². The third-order valence-electron chi connectivity index (χ3n) is 4.47. The highest BCUT2D eigenvalue weighted by molar-refractivity contribution is 6.33. The van der Waals surface area contributed by atoms with Gasteiger partial charge in [0.05, 0.1) is 17.3 Å². The van der Waals surface area contributed by atoms with E-state index in [1.54, 1.807) is 24.3 Å². The van der Waals surface area contributed by atoms with E-state index in [9.17, 15) is 9.18 Å². The zero-order valence-electron chi connectivity index (χ0n) is 15.0. The lowest BCUT2D eigenvalue weighted by Gasteiger charge is -2.34. The van der Waals surface area contributed by atoms with Crippen LogP contribution in [-0.4, -0.2) is 61.6 Å². The van der Waals surface area contributed by atoms with Crippen molar-refractivity contribution in [2.24, 2.45) is 0 Å². The summed E-state index contributed by atoms with van der Waals surface area (Å²) in [6, 6.07) is 13.3. The van der Waals surface area contributed by atoms with Gasteiger partial charge in [0.2, 0.25) is 5.91 Å². The molecule has 7 heteroatoms. The molecule has 0 radical (unpaired) electrons. The number of hydrogen-bond acceptors (Lipinski definition) is 4. The molecule has 0 aromatic heterocycles. The van der Waals surface area contributed by atoms with E-state index in [1.807, 2.05) is 12.1 Å². The fourth-order valence-corrected chi connectivity index (χ4v) is 3.13. The van der Waals surface area contributed by atoms with Crippen LogP contribution in [0.2, 0.25) is 5.02 Å². The molecule has 1 N–H and O–H groups in total. The highest BCUT2D eigenvalue weighted by Crippen LogP contribution is 2.20. The van der Waals surface area contributed by atoms with Gasteiger partial charge in [0.1, 0.15) is 18.2 Å². The number of anilines is 1. The number of halogens is 2. The Morgan fingerprint density at radius 1 is 1.04 bits per heavy atom. The van der Waals surface area contributed by atoms with E-state index in [1.165, 1.54) is 12.1 Å². The average molecular weight is 392 g/mol. The van der Waals surface area contributed by atoms with E-state index >= 15 is 0 Å². The number of nitrogens with one attached hydrogen (secondary N) is 1. The molecular weight excluding hydrogens is 369 g/mol. The van der Waals surface area contributed by atoms with Gasteiger partial charge in [0.25, 0.3) is 0 Å². The highest BCUT2D eigenvalue weighted by atomic mass is 35.5. The molecule has 0 spiro atoms. The highest BCUT2D eigenvalue weighted by Gasteiger charge is 2.19. The third-order valence-corrected chi connectivity index (χ3v) is 4.80. The number of ether oxygens (including phenoxy) is 1. The number of piperazine rings is 1. The molecule has 1 aliphatic rings. The fourth-order valence-electron chi connectivity index (χ4n) is 2.95. The van der Waals surface area contributed by atoms with Gasteiger partial charge in [0, 0.05) is 32.7 Å². The largest absolute Gasteiger partial charge is 0.492 e. The van der Waals surface area contributed by atoms with Crippen LogP contribution in [0.15, 0.2) is 48.5 Å². The van der Waals surface area contributed by atoms with Crippen LogP contribution in [0.4, 0.5) is 10.1 Å². The third kappa shape index (κ3) is 6.20. The smallest absolute Gasteiger partial charge is 0.238 e. The Labute approximate surface area is 163 Å². The SMILES string of the molecule is O=C(CN1CCN(CCOc2ccc(F)cc2)CC1)Nc1ccccc1Cl. The summed E-state index contributed by atoms with van der Waals surface area (Å²) in [4.78, 5) is 16.6. The van der Waals surface area contributed by atoms with Gasteiger partial charge < -0.3 is 10.1 Å². The van der Waals surface area contributed by atoms with Crippen molar-refractivity contribution in [2.75, 3.05) is 51.2 Å². The maximum Gasteiger partial charge on any atom is 0.238 e. The number of hydrogen-bond donors (Lipinski definition) is 1. The number of rotatable bonds is 7. The Hall–Kier alpha value is -2.15. The van der Waals surface area contributed by atoms with Gasteiger partial charge in [0.15, 0.2) is 0 Å². The zero-order chi connectivity index (χ0) is 19.1. The molecule has 144 valence electrons. The van der Waals surface area contributed by atoms with Crippen LogP contribution in [-0.2, 0) is 4.79 Å².